The molecular weight excluding hydrogens is 261 g/mol. The highest BCUT2D eigenvalue weighted by atomic mass is 79.9. The third kappa shape index (κ3) is 2.64. The van der Waals surface area contributed by atoms with E-state index >= 15 is 0 Å². The van der Waals surface area contributed by atoms with Gasteiger partial charge in [0.1, 0.15) is 0 Å². The molecule has 0 N–H and O–H groups in total. The van der Waals surface area contributed by atoms with E-state index < -0.39 is 0 Å². The topological polar surface area (TPSA) is 3.24 Å². The van der Waals surface area contributed by atoms with E-state index in [1.165, 1.54) is 0 Å². The van der Waals surface area contributed by atoms with Crippen LogP contribution in [0.4, 0.5) is 5.69 Å². The van der Waals surface area contributed by atoms with Crippen molar-refractivity contribution >= 4 is 33.2 Å². The van der Waals surface area contributed by atoms with Crippen LogP contribution in [0.15, 0.2) is 18.2 Å². The molecule has 0 atom stereocenters. The van der Waals surface area contributed by atoms with Crippen LogP contribution < -0.4 is 4.90 Å². The maximum atomic E-state index is 6.12. The molecule has 0 aliphatic rings. The van der Waals surface area contributed by atoms with Gasteiger partial charge in [-0.15, -0.1) is 0 Å². The monoisotopic (exact) mass is 275 g/mol. The lowest BCUT2D eigenvalue weighted by Gasteiger charge is -2.24. The van der Waals surface area contributed by atoms with Gasteiger partial charge in [0.05, 0.1) is 0 Å². The van der Waals surface area contributed by atoms with Crippen molar-refractivity contribution in [2.24, 2.45) is 0 Å². The summed E-state index contributed by atoms with van der Waals surface area (Å²) < 4.78 is 0. The van der Waals surface area contributed by atoms with E-state index in [4.69, 9.17) is 11.6 Å². The summed E-state index contributed by atoms with van der Waals surface area (Å²) >= 11 is 9.52. The highest BCUT2D eigenvalue weighted by Crippen LogP contribution is 2.25. The number of hydrogen-bond acceptors (Lipinski definition) is 1. The van der Waals surface area contributed by atoms with Crippen LogP contribution in [-0.4, -0.2) is 13.1 Å². The first kappa shape index (κ1) is 11.9. The van der Waals surface area contributed by atoms with Crippen molar-refractivity contribution in [2.75, 3.05) is 11.9 Å². The summed E-state index contributed by atoms with van der Waals surface area (Å²) in [6.45, 7) is 4.32. The van der Waals surface area contributed by atoms with Crippen molar-refractivity contribution in [3.8, 4) is 0 Å². The van der Waals surface area contributed by atoms with E-state index in [2.05, 4.69) is 53.9 Å². The summed E-state index contributed by atoms with van der Waals surface area (Å²) in [5.74, 6) is 0. The van der Waals surface area contributed by atoms with Crippen molar-refractivity contribution in [3.05, 3.63) is 28.8 Å². The van der Waals surface area contributed by atoms with E-state index in [-0.39, 0.29) is 0 Å². The van der Waals surface area contributed by atoms with Gasteiger partial charge in [-0.3, -0.25) is 0 Å². The molecule has 1 nitrogen and oxygen atoms in total. The Morgan fingerprint density at radius 3 is 2.50 bits per heavy atom. The number of anilines is 1. The molecule has 0 aliphatic heterocycles. The number of rotatable bonds is 3. The Hall–Kier alpha value is -0.210. The van der Waals surface area contributed by atoms with Crippen LogP contribution in [0.3, 0.4) is 0 Å². The third-order valence-corrected chi connectivity index (χ3v) is 3.32. The summed E-state index contributed by atoms with van der Waals surface area (Å²) in [5, 5.41) is 1.63. The van der Waals surface area contributed by atoms with Gasteiger partial charge in [0, 0.05) is 29.1 Å². The Bertz CT molecular complexity index is 312. The maximum Gasteiger partial charge on any atom is 0.0467 e. The number of hydrogen-bond donors (Lipinski definition) is 0. The smallest absolute Gasteiger partial charge is 0.0467 e. The van der Waals surface area contributed by atoms with Crippen LogP contribution in [-0.2, 0) is 5.33 Å². The van der Waals surface area contributed by atoms with Crippen molar-refractivity contribution in [3.63, 3.8) is 0 Å². The second-order valence-corrected chi connectivity index (χ2v) is 4.58. The molecule has 0 fully saturated rings. The lowest BCUT2D eigenvalue weighted by atomic mass is 10.2. The molecule has 78 valence electrons. The summed E-state index contributed by atoms with van der Waals surface area (Å²) in [5.41, 5.74) is 2.29. The molecule has 0 aromatic heterocycles. The van der Waals surface area contributed by atoms with Crippen LogP contribution >= 0.6 is 27.5 Å². The van der Waals surface area contributed by atoms with Crippen molar-refractivity contribution < 1.29 is 0 Å². The Morgan fingerprint density at radius 2 is 2.07 bits per heavy atom. The predicted molar refractivity (Wildman–Crippen MR) is 67.6 cm³/mol. The van der Waals surface area contributed by atoms with Gasteiger partial charge in [-0.05, 0) is 31.5 Å². The standard InChI is InChI=1S/C11H15BrClN/c1-8(2)14(3)10-5-4-9(7-12)11(13)6-10/h4-6,8H,7H2,1-3H3. The zero-order valence-electron chi connectivity index (χ0n) is 8.72. The van der Waals surface area contributed by atoms with Crippen LogP contribution in [0.5, 0.6) is 0 Å². The SMILES string of the molecule is CC(C)N(C)c1ccc(CBr)c(Cl)c1. The van der Waals surface area contributed by atoms with Gasteiger partial charge < -0.3 is 4.90 Å². The molecule has 14 heavy (non-hydrogen) atoms. The minimum absolute atomic E-state index is 0.487. The van der Waals surface area contributed by atoms with Gasteiger partial charge in [0.15, 0.2) is 0 Å². The first-order valence-electron chi connectivity index (χ1n) is 4.63. The van der Waals surface area contributed by atoms with Gasteiger partial charge in [0.2, 0.25) is 0 Å². The summed E-state index contributed by atoms with van der Waals surface area (Å²) in [6.07, 6.45) is 0. The molecule has 0 amide bonds. The van der Waals surface area contributed by atoms with Crippen molar-refractivity contribution in [1.82, 2.24) is 0 Å². The van der Waals surface area contributed by atoms with Crippen molar-refractivity contribution in [2.45, 2.75) is 25.2 Å². The molecular formula is C11H15BrClN. The molecule has 0 radical (unpaired) electrons. The Morgan fingerprint density at radius 1 is 1.43 bits per heavy atom. The number of halogens is 2. The van der Waals surface area contributed by atoms with E-state index in [9.17, 15) is 0 Å². The lowest BCUT2D eigenvalue weighted by Crippen LogP contribution is -2.25. The van der Waals surface area contributed by atoms with Crippen LogP contribution in [0.2, 0.25) is 5.02 Å². The quantitative estimate of drug-likeness (QED) is 0.752. The summed E-state index contributed by atoms with van der Waals surface area (Å²) in [6, 6.07) is 6.66. The highest BCUT2D eigenvalue weighted by molar-refractivity contribution is 9.08. The second kappa shape index (κ2) is 5.04. The van der Waals surface area contributed by atoms with E-state index in [1.54, 1.807) is 0 Å². The van der Waals surface area contributed by atoms with Gasteiger partial charge >= 0.3 is 0 Å². The molecule has 0 spiro atoms. The third-order valence-electron chi connectivity index (χ3n) is 2.36. The van der Waals surface area contributed by atoms with E-state index in [1.807, 2.05) is 6.07 Å². The average Bonchev–Trinajstić information content (AvgIpc) is 2.16. The minimum atomic E-state index is 0.487. The molecule has 1 rings (SSSR count). The first-order valence-corrected chi connectivity index (χ1v) is 6.13. The number of nitrogens with zero attached hydrogens (tertiary/aromatic N) is 1. The van der Waals surface area contributed by atoms with Gasteiger partial charge in [0.25, 0.3) is 0 Å². The molecule has 0 aliphatic carbocycles. The fourth-order valence-corrected chi connectivity index (χ4v) is 2.05. The van der Waals surface area contributed by atoms with Gasteiger partial charge in [-0.25, -0.2) is 0 Å². The molecule has 0 saturated heterocycles. The lowest BCUT2D eigenvalue weighted by molar-refractivity contribution is 0.754. The molecule has 1 aromatic rings. The molecule has 0 heterocycles. The Labute approximate surface area is 99.2 Å². The highest BCUT2D eigenvalue weighted by Gasteiger charge is 2.06. The zero-order chi connectivity index (χ0) is 10.7. The van der Waals surface area contributed by atoms with Crippen LogP contribution in [0.25, 0.3) is 0 Å². The first-order chi connectivity index (χ1) is 6.56. The molecule has 1 aromatic carbocycles. The number of benzene rings is 1. The van der Waals surface area contributed by atoms with E-state index in [0.29, 0.717) is 6.04 Å². The minimum Gasteiger partial charge on any atom is -0.372 e. The largest absolute Gasteiger partial charge is 0.372 e. The number of alkyl halides is 1. The van der Waals surface area contributed by atoms with Crippen molar-refractivity contribution in [1.29, 1.82) is 0 Å². The summed E-state index contributed by atoms with van der Waals surface area (Å²) in [4.78, 5) is 2.20. The van der Waals surface area contributed by atoms with Gasteiger partial charge in [-0.1, -0.05) is 33.6 Å². The fourth-order valence-electron chi connectivity index (χ4n) is 1.16. The predicted octanol–water partition coefficient (Wildman–Crippen LogP) is 4.08. The second-order valence-electron chi connectivity index (χ2n) is 3.61. The van der Waals surface area contributed by atoms with Crippen LogP contribution in [0, 0.1) is 0 Å². The molecule has 3 heteroatoms. The molecule has 0 unspecified atom stereocenters. The zero-order valence-corrected chi connectivity index (χ0v) is 11.1. The van der Waals surface area contributed by atoms with Gasteiger partial charge in [-0.2, -0.15) is 0 Å². The van der Waals surface area contributed by atoms with E-state index in [0.717, 1.165) is 21.6 Å². The Balaban J connectivity index is 2.96. The fraction of sp³-hybridized carbons (Fsp3) is 0.455. The normalized spacial score (nSPS) is 10.7. The summed E-state index contributed by atoms with van der Waals surface area (Å²) in [7, 11) is 2.07. The Kier molecular flexibility index (Phi) is 4.27. The maximum absolute atomic E-state index is 6.12. The van der Waals surface area contributed by atoms with Crippen LogP contribution in [0.1, 0.15) is 19.4 Å². The average molecular weight is 277 g/mol. The molecule has 0 bridgehead atoms. The molecule has 0 saturated carbocycles.